The number of aldehydes is 3. The number of nitrogens with one attached hydrogen (secondary N) is 3. The topological polar surface area (TPSA) is 202 Å². The number of piperazine rings is 2. The van der Waals surface area contributed by atoms with E-state index >= 15 is 0 Å². The van der Waals surface area contributed by atoms with E-state index in [2.05, 4.69) is 79.7 Å². The largest absolute Gasteiger partial charge is 0.359 e. The Morgan fingerprint density at radius 1 is 0.905 bits per heavy atom. The number of amides is 4. The van der Waals surface area contributed by atoms with E-state index in [9.17, 15) is 27.1 Å². The van der Waals surface area contributed by atoms with Gasteiger partial charge in [-0.15, -0.1) is 0 Å². The molecule has 0 radical (unpaired) electrons. The van der Waals surface area contributed by atoms with Crippen molar-refractivity contribution in [2.24, 2.45) is 0 Å². The molecule has 0 aromatic carbocycles. The Labute approximate surface area is 370 Å². The number of fused-ring (bicyclic) bond motifs is 2. The van der Waals surface area contributed by atoms with Gasteiger partial charge in [0.05, 0.1) is 23.4 Å². The molecule has 2 saturated heterocycles. The highest BCUT2D eigenvalue weighted by atomic mass is 32.2. The molecule has 0 spiro atoms. The van der Waals surface area contributed by atoms with E-state index in [1.807, 2.05) is 16.7 Å². The highest BCUT2D eigenvalue weighted by Crippen LogP contribution is 2.26. The van der Waals surface area contributed by atoms with Gasteiger partial charge >= 0.3 is 12.1 Å². The number of aromatic nitrogens is 7. The zero-order chi connectivity index (χ0) is 47.5. The summed E-state index contributed by atoms with van der Waals surface area (Å²) in [5, 5.41) is 7.67. The van der Waals surface area contributed by atoms with Crippen LogP contribution in [-0.4, -0.2) is 178 Å². The molecular weight excluding hydrogens is 844 g/mol. The predicted octanol–water partition coefficient (Wildman–Crippen LogP) is 5.32. The minimum atomic E-state index is -0.441. The molecule has 346 valence electrons. The molecule has 4 amide bonds. The van der Waals surface area contributed by atoms with Crippen LogP contribution in [0.3, 0.4) is 0 Å². The van der Waals surface area contributed by atoms with Gasteiger partial charge in [0.1, 0.15) is 31.1 Å². The molecular formula is C41H60F3N13O5S. The van der Waals surface area contributed by atoms with Crippen LogP contribution in [0, 0.1) is 18.6 Å². The van der Waals surface area contributed by atoms with E-state index in [0.717, 1.165) is 70.4 Å². The summed E-state index contributed by atoms with van der Waals surface area (Å²) in [6, 6.07) is 1.72. The van der Waals surface area contributed by atoms with E-state index in [1.165, 1.54) is 30.0 Å². The van der Waals surface area contributed by atoms with E-state index in [4.69, 9.17) is 9.59 Å². The Bertz CT molecular complexity index is 2130. The third-order valence-corrected chi connectivity index (χ3v) is 8.94. The van der Waals surface area contributed by atoms with Crippen LogP contribution in [0.4, 0.5) is 22.3 Å². The first-order valence-corrected chi connectivity index (χ1v) is 20.4. The molecule has 63 heavy (non-hydrogen) atoms. The van der Waals surface area contributed by atoms with Crippen molar-refractivity contribution < 1.29 is 36.6 Å². The van der Waals surface area contributed by atoms with Crippen molar-refractivity contribution in [2.45, 2.75) is 39.1 Å². The third kappa shape index (κ3) is 18.8. The fourth-order valence-corrected chi connectivity index (χ4v) is 5.58. The van der Waals surface area contributed by atoms with Crippen molar-refractivity contribution in [2.75, 3.05) is 87.6 Å². The summed E-state index contributed by atoms with van der Waals surface area (Å²) in [7, 11) is 9.40. The summed E-state index contributed by atoms with van der Waals surface area (Å²) in [5.74, 6) is -0.233. The van der Waals surface area contributed by atoms with Crippen LogP contribution in [0.1, 0.15) is 32.8 Å². The normalized spacial score (nSPS) is 13.2. The van der Waals surface area contributed by atoms with Crippen molar-refractivity contribution >= 4 is 64.9 Å². The number of likely N-dealkylation sites (N-methyl/N-ethyl adjacent to an activating group) is 2. The van der Waals surface area contributed by atoms with Crippen molar-refractivity contribution in [3.63, 3.8) is 0 Å². The Balaban J connectivity index is 0.000000390. The first-order chi connectivity index (χ1) is 30.0. The number of rotatable bonds is 4. The van der Waals surface area contributed by atoms with Crippen molar-refractivity contribution in [3.8, 4) is 5.82 Å². The summed E-state index contributed by atoms with van der Waals surface area (Å²) < 4.78 is 40.2. The Hall–Kier alpha value is -6.13. The molecule has 5 aromatic heterocycles. The van der Waals surface area contributed by atoms with Gasteiger partial charge in [-0.1, -0.05) is 26.8 Å². The second-order valence-corrected chi connectivity index (χ2v) is 14.5. The molecule has 0 saturated carbocycles. The van der Waals surface area contributed by atoms with Crippen LogP contribution in [0.5, 0.6) is 0 Å². The molecule has 2 aliphatic rings. The molecule has 2 aliphatic heterocycles. The van der Waals surface area contributed by atoms with Gasteiger partial charge in [-0.05, 0) is 45.1 Å². The molecule has 22 heteroatoms. The number of urea groups is 2. The maximum Gasteiger partial charge on any atom is 0.319 e. The lowest BCUT2D eigenvalue weighted by atomic mass is 10.2. The SMILES string of the molecule is C=C(C)C=O.CCC.CN1CCN(C(=O)N(C)C)CC1.CNC(=O)N1CCN(C)CC1.Cc1c[nH]c2c(-n3cncn3)ncc(F)c12.FSc1ncc(F)c2cc[nH]c12.O=CC=O. The Morgan fingerprint density at radius 3 is 1.90 bits per heavy atom. The molecule has 2 fully saturated rings. The maximum absolute atomic E-state index is 13.6. The second kappa shape index (κ2) is 30.0. The van der Waals surface area contributed by atoms with E-state index < -0.39 is 5.82 Å². The van der Waals surface area contributed by atoms with E-state index in [0.29, 0.717) is 33.2 Å². The molecule has 0 bridgehead atoms. The number of hydrogen-bond acceptors (Lipinski definition) is 12. The highest BCUT2D eigenvalue weighted by molar-refractivity contribution is 7.94. The van der Waals surface area contributed by atoms with E-state index in [1.54, 1.807) is 51.4 Å². The number of nitrogens with zero attached hydrogens (tertiary/aromatic N) is 10. The van der Waals surface area contributed by atoms with Crippen molar-refractivity contribution in [1.82, 2.24) is 64.5 Å². The van der Waals surface area contributed by atoms with Crippen LogP contribution in [0.25, 0.3) is 27.6 Å². The summed E-state index contributed by atoms with van der Waals surface area (Å²) in [5.41, 5.74) is 2.45. The van der Waals surface area contributed by atoms with Gasteiger partial charge in [-0.3, -0.25) is 14.4 Å². The number of H-pyrrole nitrogens is 2. The van der Waals surface area contributed by atoms with Gasteiger partial charge in [0.15, 0.2) is 35.1 Å². The highest BCUT2D eigenvalue weighted by Gasteiger charge is 2.20. The Kier molecular flexibility index (Phi) is 26.1. The summed E-state index contributed by atoms with van der Waals surface area (Å²) in [6.07, 6.45) is 10.8. The lowest BCUT2D eigenvalue weighted by molar-refractivity contribution is -0.122. The zero-order valence-corrected chi connectivity index (χ0v) is 38.2. The maximum atomic E-state index is 13.6. The van der Waals surface area contributed by atoms with E-state index in [-0.39, 0.29) is 47.6 Å². The smallest absolute Gasteiger partial charge is 0.319 e. The number of pyridine rings is 2. The minimum absolute atomic E-state index is 0.00259. The van der Waals surface area contributed by atoms with Crippen LogP contribution in [0.2, 0.25) is 0 Å². The number of allylic oxidation sites excluding steroid dienone is 1. The van der Waals surface area contributed by atoms with Crippen LogP contribution in [0.15, 0.2) is 60.7 Å². The number of hydrogen-bond donors (Lipinski definition) is 3. The number of carbonyl (C=O) groups is 5. The van der Waals surface area contributed by atoms with Crippen molar-refractivity contribution in [1.29, 1.82) is 0 Å². The lowest BCUT2D eigenvalue weighted by Crippen LogP contribution is -2.50. The molecule has 5 aromatic rings. The van der Waals surface area contributed by atoms with Gasteiger partial charge in [0.2, 0.25) is 0 Å². The van der Waals surface area contributed by atoms with Crippen LogP contribution >= 0.6 is 12.1 Å². The van der Waals surface area contributed by atoms with Gasteiger partial charge in [0, 0.05) is 96.7 Å². The zero-order valence-electron chi connectivity index (χ0n) is 37.4. The summed E-state index contributed by atoms with van der Waals surface area (Å²) in [6.45, 7) is 18.4. The summed E-state index contributed by atoms with van der Waals surface area (Å²) in [4.78, 5) is 76.5. The standard InChI is InChI=1S/C10H8FN5.C8H17N3O.C7H4F2N2S.C7H15N3O.C4H6O.C3H8.C2H2O2/c1-6-2-13-9-8(6)7(11)3-14-10(9)16-5-12-4-15-16;1-9(2)8(12)11-6-4-10(3)5-7-11;8-5-3-11-7(12-9)6-4(5)1-2-10-6;1-8-7(11)10-5-3-9(2)4-6-10;1-4(2)3-5;1-3-2;3-1-2-4/h2-5,13H,1H3;4-7H2,1-3H3;1-3,10H;3-6H2,1-2H3,(H,8,11);3H,1H2,2H3;3H2,1-2H3;1-2H. The molecule has 18 nitrogen and oxygen atoms in total. The second-order valence-electron chi connectivity index (χ2n) is 14.0. The number of aryl methyl sites for hydroxylation is 1. The lowest BCUT2D eigenvalue weighted by Gasteiger charge is -2.33. The predicted molar refractivity (Wildman–Crippen MR) is 239 cm³/mol. The fourth-order valence-electron chi connectivity index (χ4n) is 5.25. The third-order valence-electron chi connectivity index (χ3n) is 8.48. The first kappa shape index (κ1) is 54.9. The molecule has 0 aliphatic carbocycles. The van der Waals surface area contributed by atoms with Gasteiger partial charge in [-0.2, -0.15) is 8.98 Å². The quantitative estimate of drug-likeness (QED) is 0.119. The minimum Gasteiger partial charge on any atom is -0.359 e. The van der Waals surface area contributed by atoms with Gasteiger partial charge in [0.25, 0.3) is 0 Å². The van der Waals surface area contributed by atoms with Gasteiger partial charge < -0.3 is 39.8 Å². The monoisotopic (exact) mass is 903 g/mol. The van der Waals surface area contributed by atoms with Gasteiger partial charge in [-0.25, -0.2) is 38.0 Å². The van der Waals surface area contributed by atoms with Crippen LogP contribution < -0.4 is 5.32 Å². The fraction of sp³-hybridized carbons (Fsp3) is 0.439. The van der Waals surface area contributed by atoms with Crippen molar-refractivity contribution in [3.05, 3.63) is 72.9 Å². The molecule has 3 N–H and O–H groups in total. The number of carbonyl (C=O) groups excluding carboxylic acids is 5. The Morgan fingerprint density at radius 2 is 1.44 bits per heavy atom. The van der Waals surface area contributed by atoms with Crippen LogP contribution in [-0.2, 0) is 14.4 Å². The average Bonchev–Trinajstić information content (AvgIpc) is 4.09. The first-order valence-electron chi connectivity index (χ1n) is 19.7. The average molecular weight is 904 g/mol. The number of halogens is 3. The summed E-state index contributed by atoms with van der Waals surface area (Å²) >= 11 is 0.00259. The molecule has 7 heterocycles. The molecule has 7 rings (SSSR count). The molecule has 0 unspecified atom stereocenters. The molecule has 0 atom stereocenters. The number of aromatic amines is 2.